The molecule has 0 saturated heterocycles. The Kier molecular flexibility index (Phi) is 3.02. The third-order valence-corrected chi connectivity index (χ3v) is 3.40. The topological polar surface area (TPSA) is 73.9 Å². The van der Waals surface area contributed by atoms with Crippen LogP contribution in [-0.2, 0) is 0 Å². The number of nitrogens with zero attached hydrogens (tertiary/aromatic N) is 3. The van der Waals surface area contributed by atoms with Gasteiger partial charge in [-0.3, -0.25) is 0 Å². The quantitative estimate of drug-likeness (QED) is 0.879. The third kappa shape index (κ3) is 2.37. The van der Waals surface area contributed by atoms with Crippen LogP contribution in [-0.4, -0.2) is 22.3 Å². The molecule has 2 heterocycles. The first-order valence-electron chi connectivity index (χ1n) is 4.04. The Morgan fingerprint density at radius 1 is 1.47 bits per heavy atom. The molecule has 2 N–H and O–H groups in total. The van der Waals surface area contributed by atoms with Gasteiger partial charge in [0.2, 0.25) is 5.88 Å². The largest absolute Gasteiger partial charge is 0.481 e. The third-order valence-electron chi connectivity index (χ3n) is 1.60. The molecule has 2 aromatic rings. The molecule has 2 rings (SSSR count). The number of methoxy groups -OCH3 is 1. The molecular formula is C8H8N4OS2. The average molecular weight is 240 g/mol. The van der Waals surface area contributed by atoms with Gasteiger partial charge in [-0.2, -0.15) is 0 Å². The minimum Gasteiger partial charge on any atom is -0.481 e. The van der Waals surface area contributed by atoms with Crippen LogP contribution < -0.4 is 10.5 Å². The summed E-state index contributed by atoms with van der Waals surface area (Å²) in [5.41, 5.74) is 8.05. The standard InChI is InChI=1S/C8H8N4OS2/c1-13-6-3-2-5(9)7(11-6)15-8-12-10-4-14-8/h2-4H,9H2,1H3. The van der Waals surface area contributed by atoms with Crippen molar-refractivity contribution in [2.24, 2.45) is 0 Å². The second-order valence-corrected chi connectivity index (χ2v) is 4.62. The van der Waals surface area contributed by atoms with E-state index in [1.54, 1.807) is 24.8 Å². The lowest BCUT2D eigenvalue weighted by molar-refractivity contribution is 0.395. The van der Waals surface area contributed by atoms with Crippen LogP contribution in [0.15, 0.2) is 27.0 Å². The molecule has 0 fully saturated rings. The molecule has 78 valence electrons. The number of anilines is 1. The van der Waals surface area contributed by atoms with E-state index in [1.807, 2.05) is 0 Å². The molecule has 5 nitrogen and oxygen atoms in total. The Morgan fingerprint density at radius 2 is 2.33 bits per heavy atom. The Hall–Kier alpha value is -1.34. The molecule has 0 aliphatic heterocycles. The summed E-state index contributed by atoms with van der Waals surface area (Å²) in [6, 6.07) is 3.48. The van der Waals surface area contributed by atoms with E-state index in [0.29, 0.717) is 16.6 Å². The summed E-state index contributed by atoms with van der Waals surface area (Å²) in [7, 11) is 1.57. The summed E-state index contributed by atoms with van der Waals surface area (Å²) in [6.45, 7) is 0. The molecule has 0 atom stereocenters. The first-order valence-corrected chi connectivity index (χ1v) is 5.73. The predicted molar refractivity (Wildman–Crippen MR) is 59.2 cm³/mol. The molecule has 7 heteroatoms. The lowest BCUT2D eigenvalue weighted by Gasteiger charge is -2.04. The van der Waals surface area contributed by atoms with Gasteiger partial charge in [0, 0.05) is 6.07 Å². The Morgan fingerprint density at radius 3 is 3.00 bits per heavy atom. The fourth-order valence-corrected chi connectivity index (χ4v) is 2.33. The SMILES string of the molecule is COc1ccc(N)c(Sc2nncs2)n1. The van der Waals surface area contributed by atoms with Crippen LogP contribution >= 0.6 is 23.1 Å². The van der Waals surface area contributed by atoms with Crippen LogP contribution in [0.3, 0.4) is 0 Å². The van der Waals surface area contributed by atoms with Crippen molar-refractivity contribution in [3.63, 3.8) is 0 Å². The highest BCUT2D eigenvalue weighted by molar-refractivity contribution is 8.01. The van der Waals surface area contributed by atoms with Gasteiger partial charge in [-0.15, -0.1) is 10.2 Å². The summed E-state index contributed by atoms with van der Waals surface area (Å²) >= 11 is 2.82. The van der Waals surface area contributed by atoms with Crippen LogP contribution in [0.4, 0.5) is 5.69 Å². The maximum atomic E-state index is 5.78. The number of aromatic nitrogens is 3. The highest BCUT2D eigenvalue weighted by Crippen LogP contribution is 2.32. The van der Waals surface area contributed by atoms with Crippen LogP contribution in [0.25, 0.3) is 0 Å². The van der Waals surface area contributed by atoms with Gasteiger partial charge >= 0.3 is 0 Å². The lowest BCUT2D eigenvalue weighted by atomic mass is 10.4. The molecule has 15 heavy (non-hydrogen) atoms. The van der Waals surface area contributed by atoms with Gasteiger partial charge in [0.05, 0.1) is 12.8 Å². The van der Waals surface area contributed by atoms with E-state index in [9.17, 15) is 0 Å². The van der Waals surface area contributed by atoms with E-state index >= 15 is 0 Å². The normalized spacial score (nSPS) is 10.2. The number of nitrogens with two attached hydrogens (primary N) is 1. The van der Waals surface area contributed by atoms with E-state index in [0.717, 1.165) is 4.34 Å². The zero-order valence-corrected chi connectivity index (χ0v) is 9.51. The van der Waals surface area contributed by atoms with Crippen molar-refractivity contribution in [2.75, 3.05) is 12.8 Å². The maximum Gasteiger partial charge on any atom is 0.214 e. The molecule has 2 aromatic heterocycles. The number of hydrogen-bond donors (Lipinski definition) is 1. The first-order chi connectivity index (χ1) is 7.29. The van der Waals surface area contributed by atoms with Crippen molar-refractivity contribution in [1.29, 1.82) is 0 Å². The fourth-order valence-electron chi connectivity index (χ4n) is 0.920. The van der Waals surface area contributed by atoms with Crippen LogP contribution in [0.1, 0.15) is 0 Å². The minimum atomic E-state index is 0.538. The fraction of sp³-hybridized carbons (Fsp3) is 0.125. The molecular weight excluding hydrogens is 232 g/mol. The van der Waals surface area contributed by atoms with Crippen LogP contribution in [0, 0.1) is 0 Å². The van der Waals surface area contributed by atoms with Gasteiger partial charge in [-0.25, -0.2) is 4.98 Å². The monoisotopic (exact) mass is 240 g/mol. The zero-order valence-electron chi connectivity index (χ0n) is 7.88. The van der Waals surface area contributed by atoms with E-state index in [2.05, 4.69) is 15.2 Å². The van der Waals surface area contributed by atoms with Crippen molar-refractivity contribution in [1.82, 2.24) is 15.2 Å². The minimum absolute atomic E-state index is 0.538. The molecule has 0 saturated carbocycles. The van der Waals surface area contributed by atoms with E-state index in [4.69, 9.17) is 10.5 Å². The molecule has 0 aliphatic rings. The molecule has 0 bridgehead atoms. The van der Waals surface area contributed by atoms with E-state index in [-0.39, 0.29) is 0 Å². The zero-order chi connectivity index (χ0) is 10.7. The summed E-state index contributed by atoms with van der Waals surface area (Å²) in [5.74, 6) is 0.538. The van der Waals surface area contributed by atoms with Gasteiger partial charge in [0.15, 0.2) is 4.34 Å². The average Bonchev–Trinajstić information content (AvgIpc) is 2.74. The van der Waals surface area contributed by atoms with E-state index in [1.165, 1.54) is 23.1 Å². The molecule has 0 unspecified atom stereocenters. The van der Waals surface area contributed by atoms with Crippen molar-refractivity contribution in [3.8, 4) is 5.88 Å². The number of pyridine rings is 1. The van der Waals surface area contributed by atoms with Gasteiger partial charge in [0.1, 0.15) is 10.5 Å². The van der Waals surface area contributed by atoms with Crippen LogP contribution in [0.2, 0.25) is 0 Å². The molecule has 0 aromatic carbocycles. The van der Waals surface area contributed by atoms with Crippen LogP contribution in [0.5, 0.6) is 5.88 Å². The van der Waals surface area contributed by atoms with Gasteiger partial charge < -0.3 is 10.5 Å². The van der Waals surface area contributed by atoms with Crippen molar-refractivity contribution in [2.45, 2.75) is 9.37 Å². The second kappa shape index (κ2) is 4.45. The Balaban J connectivity index is 2.27. The highest BCUT2D eigenvalue weighted by Gasteiger charge is 2.07. The molecule has 0 amide bonds. The summed E-state index contributed by atoms with van der Waals surface area (Å²) < 4.78 is 5.82. The number of nitrogen functional groups attached to an aromatic ring is 1. The van der Waals surface area contributed by atoms with Crippen molar-refractivity contribution < 1.29 is 4.74 Å². The molecule has 0 aliphatic carbocycles. The van der Waals surface area contributed by atoms with E-state index < -0.39 is 0 Å². The van der Waals surface area contributed by atoms with Gasteiger partial charge in [-0.1, -0.05) is 11.3 Å². The predicted octanol–water partition coefficient (Wildman–Crippen LogP) is 1.68. The first kappa shape index (κ1) is 10.2. The summed E-state index contributed by atoms with van der Waals surface area (Å²) in [5, 5.41) is 8.33. The number of rotatable bonds is 3. The maximum absolute atomic E-state index is 5.78. The summed E-state index contributed by atoms with van der Waals surface area (Å²) in [6.07, 6.45) is 0. The van der Waals surface area contributed by atoms with Crippen molar-refractivity contribution in [3.05, 3.63) is 17.6 Å². The van der Waals surface area contributed by atoms with Gasteiger partial charge in [-0.05, 0) is 17.8 Å². The smallest absolute Gasteiger partial charge is 0.214 e. The van der Waals surface area contributed by atoms with Gasteiger partial charge in [0.25, 0.3) is 0 Å². The molecule has 0 spiro atoms. The Bertz CT molecular complexity index is 446. The second-order valence-electron chi connectivity index (χ2n) is 2.55. The Labute approximate surface area is 94.7 Å². The lowest BCUT2D eigenvalue weighted by Crippen LogP contribution is -1.94. The van der Waals surface area contributed by atoms with Crippen molar-refractivity contribution >= 4 is 28.8 Å². The highest BCUT2D eigenvalue weighted by atomic mass is 32.2. The molecule has 0 radical (unpaired) electrons. The summed E-state index contributed by atoms with van der Waals surface area (Å²) in [4.78, 5) is 4.22. The number of hydrogen-bond acceptors (Lipinski definition) is 7. The number of ether oxygens (including phenoxy) is 1.